The van der Waals surface area contributed by atoms with Gasteiger partial charge in [-0.2, -0.15) is 4.31 Å². The van der Waals surface area contributed by atoms with E-state index in [1.165, 1.54) is 10.7 Å². The largest absolute Gasteiger partial charge is 0.326 e. The fourth-order valence-electron chi connectivity index (χ4n) is 6.57. The summed E-state index contributed by atoms with van der Waals surface area (Å²) >= 11 is 6.87. The Morgan fingerprint density at radius 3 is 2.20 bits per heavy atom. The molecule has 1 saturated heterocycles. The van der Waals surface area contributed by atoms with Crippen molar-refractivity contribution in [1.82, 2.24) is 9.21 Å². The molecule has 5 fully saturated rings. The summed E-state index contributed by atoms with van der Waals surface area (Å²) in [5, 5.41) is 3.07. The second-order valence-corrected chi connectivity index (χ2v) is 12.8. The Morgan fingerprint density at radius 1 is 1.03 bits per heavy atom. The van der Waals surface area contributed by atoms with Crippen LogP contribution in [0.2, 0.25) is 0 Å². The van der Waals surface area contributed by atoms with Gasteiger partial charge in [-0.05, 0) is 81.7 Å². The van der Waals surface area contributed by atoms with Gasteiger partial charge >= 0.3 is 0 Å². The first kappa shape index (κ1) is 20.7. The Hall–Kier alpha value is -1.15. The average molecular weight is 452 g/mol. The molecular formula is C22H30ClN3O3S. The van der Waals surface area contributed by atoms with Crippen molar-refractivity contribution in [3.8, 4) is 0 Å². The van der Waals surface area contributed by atoms with Gasteiger partial charge < -0.3 is 10.2 Å². The molecule has 30 heavy (non-hydrogen) atoms. The Morgan fingerprint density at radius 2 is 1.63 bits per heavy atom. The molecule has 4 bridgehead atoms. The number of nitrogens with one attached hydrogen (secondary N) is 1. The van der Waals surface area contributed by atoms with Crippen LogP contribution in [0.15, 0.2) is 29.2 Å². The van der Waals surface area contributed by atoms with Gasteiger partial charge in [0.15, 0.2) is 0 Å². The number of sulfonamides is 1. The number of benzene rings is 1. The molecule has 2 atom stereocenters. The van der Waals surface area contributed by atoms with Gasteiger partial charge in [0.2, 0.25) is 15.9 Å². The summed E-state index contributed by atoms with van der Waals surface area (Å²) in [6.45, 7) is 2.48. The lowest BCUT2D eigenvalue weighted by molar-refractivity contribution is -0.138. The summed E-state index contributed by atoms with van der Waals surface area (Å²) in [7, 11) is -1.50. The molecule has 0 radical (unpaired) electrons. The molecule has 1 amide bonds. The van der Waals surface area contributed by atoms with E-state index in [4.69, 9.17) is 11.6 Å². The van der Waals surface area contributed by atoms with Crippen molar-refractivity contribution in [2.24, 2.45) is 17.3 Å². The van der Waals surface area contributed by atoms with Crippen molar-refractivity contribution >= 4 is 33.2 Å². The maximum absolute atomic E-state index is 13.3. The second kappa shape index (κ2) is 7.19. The third-order valence-electron chi connectivity index (χ3n) is 7.68. The Bertz CT molecular complexity index is 927. The number of carbonyl (C=O) groups excluding carboxylic acids is 1. The third kappa shape index (κ3) is 3.57. The summed E-state index contributed by atoms with van der Waals surface area (Å²) in [4.78, 5) is 15.5. The minimum absolute atomic E-state index is 0.0521. The Kier molecular flexibility index (Phi) is 4.97. The highest BCUT2D eigenvalue weighted by Crippen LogP contribution is 2.64. The van der Waals surface area contributed by atoms with Gasteiger partial charge in [0.1, 0.15) is 0 Å². The number of likely N-dealkylation sites (N-methyl/N-ethyl adjacent to an activating group) is 1. The van der Waals surface area contributed by atoms with E-state index in [0.717, 1.165) is 45.2 Å². The highest BCUT2D eigenvalue weighted by molar-refractivity contribution is 7.89. The normalized spacial score (nSPS) is 36.7. The van der Waals surface area contributed by atoms with E-state index in [-0.39, 0.29) is 21.1 Å². The van der Waals surface area contributed by atoms with E-state index in [2.05, 4.69) is 10.2 Å². The van der Waals surface area contributed by atoms with Crippen molar-refractivity contribution in [2.45, 2.75) is 48.3 Å². The molecule has 0 unspecified atom stereocenters. The number of alkyl halides is 1. The molecule has 5 aliphatic rings. The van der Waals surface area contributed by atoms with Crippen molar-refractivity contribution < 1.29 is 13.2 Å². The molecule has 8 heteroatoms. The van der Waals surface area contributed by atoms with Crippen molar-refractivity contribution in [1.29, 1.82) is 0 Å². The Balaban J connectivity index is 1.29. The van der Waals surface area contributed by atoms with E-state index in [9.17, 15) is 13.2 Å². The first-order valence-electron chi connectivity index (χ1n) is 11.0. The third-order valence-corrected chi connectivity index (χ3v) is 10.0. The monoisotopic (exact) mass is 451 g/mol. The molecule has 4 saturated carbocycles. The van der Waals surface area contributed by atoms with Gasteiger partial charge in [0.25, 0.3) is 0 Å². The molecule has 6 rings (SSSR count). The van der Waals surface area contributed by atoms with Crippen molar-refractivity contribution in [3.05, 3.63) is 24.3 Å². The lowest BCUT2D eigenvalue weighted by Gasteiger charge is -2.59. The molecule has 0 aromatic heterocycles. The van der Waals surface area contributed by atoms with Gasteiger partial charge in [0, 0.05) is 36.7 Å². The molecular weight excluding hydrogens is 422 g/mol. The zero-order valence-electron chi connectivity index (χ0n) is 17.4. The van der Waals surface area contributed by atoms with Crippen LogP contribution in [0.25, 0.3) is 0 Å². The minimum atomic E-state index is -3.50. The van der Waals surface area contributed by atoms with Gasteiger partial charge in [0.05, 0.1) is 10.3 Å². The number of hydrogen-bond acceptors (Lipinski definition) is 4. The van der Waals surface area contributed by atoms with Crippen LogP contribution in [0, 0.1) is 17.3 Å². The average Bonchev–Trinajstić information content (AvgIpc) is 2.67. The number of anilines is 1. The minimum Gasteiger partial charge on any atom is -0.326 e. The fourth-order valence-corrected chi connectivity index (χ4v) is 8.68. The smallest absolute Gasteiger partial charge is 0.243 e. The maximum atomic E-state index is 13.3. The van der Waals surface area contributed by atoms with E-state index in [0.29, 0.717) is 30.6 Å². The molecule has 1 aliphatic heterocycles. The van der Waals surface area contributed by atoms with Crippen LogP contribution in [-0.4, -0.2) is 61.6 Å². The zero-order chi connectivity index (χ0) is 21.1. The zero-order valence-corrected chi connectivity index (χ0v) is 19.0. The van der Waals surface area contributed by atoms with Gasteiger partial charge in [-0.15, -0.1) is 11.6 Å². The molecule has 1 aromatic rings. The number of nitrogens with zero attached hydrogens (tertiary/aromatic N) is 2. The van der Waals surface area contributed by atoms with E-state index in [1.54, 1.807) is 24.3 Å². The van der Waals surface area contributed by atoms with E-state index in [1.807, 2.05) is 7.05 Å². The van der Waals surface area contributed by atoms with Crippen LogP contribution in [0.5, 0.6) is 0 Å². The first-order valence-corrected chi connectivity index (χ1v) is 12.8. The predicted octanol–water partition coefficient (Wildman–Crippen LogP) is 3.14. The molecule has 164 valence electrons. The van der Waals surface area contributed by atoms with E-state index < -0.39 is 10.0 Å². The lowest BCUT2D eigenvalue weighted by atomic mass is 9.49. The van der Waals surface area contributed by atoms with E-state index >= 15 is 0 Å². The first-order chi connectivity index (χ1) is 14.2. The molecule has 1 N–H and O–H groups in total. The maximum Gasteiger partial charge on any atom is 0.243 e. The second-order valence-electron chi connectivity index (χ2n) is 10.1. The number of rotatable bonds is 4. The van der Waals surface area contributed by atoms with Crippen molar-refractivity contribution in [3.63, 3.8) is 0 Å². The highest BCUT2D eigenvalue weighted by Gasteiger charge is 2.60. The fraction of sp³-hybridized carbons (Fsp3) is 0.682. The topological polar surface area (TPSA) is 69.7 Å². The summed E-state index contributed by atoms with van der Waals surface area (Å²) < 4.78 is 27.3. The van der Waals surface area contributed by atoms with Crippen LogP contribution in [-0.2, 0) is 14.8 Å². The van der Waals surface area contributed by atoms with Gasteiger partial charge in [-0.25, -0.2) is 8.42 Å². The number of halogens is 1. The van der Waals surface area contributed by atoms with Crippen LogP contribution in [0.4, 0.5) is 5.69 Å². The quantitative estimate of drug-likeness (QED) is 0.714. The lowest BCUT2D eigenvalue weighted by Crippen LogP contribution is -2.57. The standard InChI is InChI=1S/C22H30ClN3O3S/c1-25-6-8-26(9-7-25)30(28,29)19-4-2-18(3-5-19)24-20(27)21-11-16-10-17(12-21)14-22(23,13-16)15-21/h2-5,16-17H,6-15H2,1H3,(H,24,27)/t16-,17-,21?,22?/m1/s1. The van der Waals surface area contributed by atoms with Crippen LogP contribution in [0.3, 0.4) is 0 Å². The molecule has 0 spiro atoms. The number of carbonyl (C=O) groups is 1. The summed E-state index contributed by atoms with van der Waals surface area (Å²) in [5.41, 5.74) is 0.285. The van der Waals surface area contributed by atoms with Crippen LogP contribution >= 0.6 is 11.6 Å². The summed E-state index contributed by atoms with van der Waals surface area (Å²) in [6, 6.07) is 6.62. The number of hydrogen-bond donors (Lipinski definition) is 1. The molecule has 1 heterocycles. The van der Waals surface area contributed by atoms with Crippen LogP contribution in [0.1, 0.15) is 38.5 Å². The van der Waals surface area contributed by atoms with Gasteiger partial charge in [-0.1, -0.05) is 0 Å². The Labute approximate surface area is 184 Å². The number of amides is 1. The summed E-state index contributed by atoms with van der Waals surface area (Å²) in [5.74, 6) is 1.17. The van der Waals surface area contributed by atoms with Gasteiger partial charge in [-0.3, -0.25) is 4.79 Å². The predicted molar refractivity (Wildman–Crippen MR) is 117 cm³/mol. The highest BCUT2D eigenvalue weighted by atomic mass is 35.5. The van der Waals surface area contributed by atoms with Crippen molar-refractivity contribution in [2.75, 3.05) is 38.5 Å². The SMILES string of the molecule is CN1CCN(S(=O)(=O)c2ccc(NC(=O)C34C[C@H]5C[C@@H](CC(Cl)(C5)C3)C4)cc2)CC1. The molecule has 4 aliphatic carbocycles. The molecule has 1 aromatic carbocycles. The number of piperazine rings is 1. The van der Waals surface area contributed by atoms with Crippen LogP contribution < -0.4 is 5.32 Å². The molecule has 6 nitrogen and oxygen atoms in total. The summed E-state index contributed by atoms with van der Waals surface area (Å²) in [6.07, 6.45) is 5.91.